The van der Waals surface area contributed by atoms with Crippen LogP contribution in [0.1, 0.15) is 31.4 Å². The number of benzene rings is 1. The van der Waals surface area contributed by atoms with Gasteiger partial charge in [0.25, 0.3) is 0 Å². The Hall–Kier alpha value is -1.55. The van der Waals surface area contributed by atoms with Gasteiger partial charge in [0.1, 0.15) is 0 Å². The van der Waals surface area contributed by atoms with Gasteiger partial charge >= 0.3 is 6.03 Å². The van der Waals surface area contributed by atoms with Gasteiger partial charge in [-0.1, -0.05) is 31.2 Å². The zero-order valence-corrected chi connectivity index (χ0v) is 12.3. The van der Waals surface area contributed by atoms with Crippen molar-refractivity contribution < 1.29 is 9.90 Å². The summed E-state index contributed by atoms with van der Waals surface area (Å²) < 4.78 is 0. The predicted molar refractivity (Wildman–Crippen MR) is 79.7 cm³/mol. The standard InChI is InChI=1S/C16H24N2O2/c1-12(19)7-8-17-15(20)18-11-16(2)9-13-5-3-4-6-14(13)10-16/h3-6,12,19H,7-11H2,1-2H3,(H2,17,18,20). The molecule has 2 amide bonds. The topological polar surface area (TPSA) is 61.4 Å². The van der Waals surface area contributed by atoms with Gasteiger partial charge in [0.15, 0.2) is 0 Å². The lowest BCUT2D eigenvalue weighted by atomic mass is 9.87. The molecule has 0 aliphatic heterocycles. The minimum Gasteiger partial charge on any atom is -0.393 e. The Bertz CT molecular complexity index is 446. The van der Waals surface area contributed by atoms with Crippen LogP contribution >= 0.6 is 0 Å². The second-order valence-corrected chi connectivity index (χ2v) is 6.18. The van der Waals surface area contributed by atoms with Gasteiger partial charge in [0.05, 0.1) is 6.10 Å². The molecule has 1 aliphatic rings. The highest BCUT2D eigenvalue weighted by Gasteiger charge is 2.32. The zero-order chi connectivity index (χ0) is 14.6. The molecule has 4 heteroatoms. The maximum absolute atomic E-state index is 11.7. The van der Waals surface area contributed by atoms with Gasteiger partial charge in [-0.2, -0.15) is 0 Å². The number of aliphatic hydroxyl groups is 1. The van der Waals surface area contributed by atoms with Gasteiger partial charge in [-0.25, -0.2) is 4.79 Å². The number of aliphatic hydroxyl groups excluding tert-OH is 1. The van der Waals surface area contributed by atoms with Crippen molar-refractivity contribution in [1.82, 2.24) is 10.6 Å². The number of urea groups is 1. The van der Waals surface area contributed by atoms with E-state index >= 15 is 0 Å². The third-order valence-electron chi connectivity index (χ3n) is 3.88. The second kappa shape index (κ2) is 6.27. The first-order chi connectivity index (χ1) is 9.48. The van der Waals surface area contributed by atoms with Crippen molar-refractivity contribution in [3.05, 3.63) is 35.4 Å². The Labute approximate surface area is 120 Å². The van der Waals surface area contributed by atoms with Crippen molar-refractivity contribution in [2.24, 2.45) is 5.41 Å². The molecule has 0 fully saturated rings. The molecule has 1 aromatic rings. The van der Waals surface area contributed by atoms with E-state index in [1.165, 1.54) is 11.1 Å². The van der Waals surface area contributed by atoms with Crippen LogP contribution in [0.2, 0.25) is 0 Å². The highest BCUT2D eigenvalue weighted by Crippen LogP contribution is 2.35. The maximum Gasteiger partial charge on any atom is 0.314 e. The van der Waals surface area contributed by atoms with Crippen LogP contribution in [0, 0.1) is 5.41 Å². The van der Waals surface area contributed by atoms with Crippen LogP contribution < -0.4 is 10.6 Å². The van der Waals surface area contributed by atoms with Gasteiger partial charge in [0, 0.05) is 13.1 Å². The third-order valence-corrected chi connectivity index (χ3v) is 3.88. The third kappa shape index (κ3) is 3.97. The molecule has 0 saturated heterocycles. The molecule has 0 aromatic heterocycles. The summed E-state index contributed by atoms with van der Waals surface area (Å²) in [6, 6.07) is 8.33. The van der Waals surface area contributed by atoms with Crippen LogP contribution in [-0.4, -0.2) is 30.3 Å². The fourth-order valence-electron chi connectivity index (χ4n) is 2.76. The number of rotatable bonds is 5. The van der Waals surface area contributed by atoms with E-state index in [1.54, 1.807) is 6.92 Å². The molecule has 20 heavy (non-hydrogen) atoms. The van der Waals surface area contributed by atoms with Crippen molar-refractivity contribution >= 4 is 6.03 Å². The largest absolute Gasteiger partial charge is 0.393 e. The molecule has 0 spiro atoms. The molecule has 0 saturated carbocycles. The quantitative estimate of drug-likeness (QED) is 0.769. The van der Waals surface area contributed by atoms with Gasteiger partial charge in [-0.05, 0) is 42.7 Å². The van der Waals surface area contributed by atoms with E-state index in [0.717, 1.165) is 12.8 Å². The number of hydrogen-bond acceptors (Lipinski definition) is 2. The average molecular weight is 276 g/mol. The minimum atomic E-state index is -0.378. The Morgan fingerprint density at radius 3 is 2.45 bits per heavy atom. The van der Waals surface area contributed by atoms with Crippen LogP contribution in [0.3, 0.4) is 0 Å². The maximum atomic E-state index is 11.7. The number of nitrogens with one attached hydrogen (secondary N) is 2. The molecule has 0 bridgehead atoms. The van der Waals surface area contributed by atoms with E-state index in [0.29, 0.717) is 19.5 Å². The van der Waals surface area contributed by atoms with Crippen LogP contribution in [0.15, 0.2) is 24.3 Å². The minimum absolute atomic E-state index is 0.102. The molecule has 1 aliphatic carbocycles. The van der Waals surface area contributed by atoms with E-state index in [4.69, 9.17) is 5.11 Å². The number of hydrogen-bond donors (Lipinski definition) is 3. The van der Waals surface area contributed by atoms with Crippen LogP contribution in [0.4, 0.5) is 4.79 Å². The average Bonchev–Trinajstić information content (AvgIpc) is 2.73. The summed E-state index contributed by atoms with van der Waals surface area (Å²) in [6.45, 7) is 5.10. The first kappa shape index (κ1) is 14.9. The highest BCUT2D eigenvalue weighted by molar-refractivity contribution is 5.73. The SMILES string of the molecule is CC(O)CCNC(=O)NCC1(C)Cc2ccccc2C1. The molecule has 4 nitrogen and oxygen atoms in total. The molecule has 3 N–H and O–H groups in total. The molecule has 1 unspecified atom stereocenters. The molecule has 0 heterocycles. The summed E-state index contributed by atoms with van der Waals surface area (Å²) in [5.74, 6) is 0. The van der Waals surface area contributed by atoms with Crippen molar-refractivity contribution in [2.45, 2.75) is 39.2 Å². The van der Waals surface area contributed by atoms with Crippen LogP contribution in [-0.2, 0) is 12.8 Å². The van der Waals surface area contributed by atoms with E-state index < -0.39 is 0 Å². The van der Waals surface area contributed by atoms with Gasteiger partial charge in [-0.3, -0.25) is 0 Å². The van der Waals surface area contributed by atoms with Crippen molar-refractivity contribution in [3.63, 3.8) is 0 Å². The van der Waals surface area contributed by atoms with Gasteiger partial charge < -0.3 is 15.7 Å². The van der Waals surface area contributed by atoms with Crippen molar-refractivity contribution in [3.8, 4) is 0 Å². The Kier molecular flexibility index (Phi) is 4.65. The highest BCUT2D eigenvalue weighted by atomic mass is 16.3. The monoisotopic (exact) mass is 276 g/mol. The predicted octanol–water partition coefficient (Wildman–Crippen LogP) is 1.86. The lowest BCUT2D eigenvalue weighted by molar-refractivity contribution is 0.183. The fraction of sp³-hybridized carbons (Fsp3) is 0.562. The summed E-state index contributed by atoms with van der Waals surface area (Å²) in [7, 11) is 0. The summed E-state index contributed by atoms with van der Waals surface area (Å²) >= 11 is 0. The molecule has 1 aromatic carbocycles. The number of carbonyl (C=O) groups excluding carboxylic acids is 1. The van der Waals surface area contributed by atoms with E-state index in [-0.39, 0.29) is 17.6 Å². The van der Waals surface area contributed by atoms with Gasteiger partial charge in [-0.15, -0.1) is 0 Å². The van der Waals surface area contributed by atoms with Crippen molar-refractivity contribution in [2.75, 3.05) is 13.1 Å². The molecule has 1 atom stereocenters. The molecule has 2 rings (SSSR count). The van der Waals surface area contributed by atoms with E-state index in [9.17, 15) is 4.79 Å². The summed E-state index contributed by atoms with van der Waals surface area (Å²) in [5.41, 5.74) is 2.89. The number of fused-ring (bicyclic) bond motifs is 1. The first-order valence-electron chi connectivity index (χ1n) is 7.25. The molecule has 0 radical (unpaired) electrons. The van der Waals surface area contributed by atoms with Crippen molar-refractivity contribution in [1.29, 1.82) is 0 Å². The first-order valence-corrected chi connectivity index (χ1v) is 7.25. The second-order valence-electron chi connectivity index (χ2n) is 6.18. The fourth-order valence-corrected chi connectivity index (χ4v) is 2.76. The lowest BCUT2D eigenvalue weighted by Gasteiger charge is -2.24. The zero-order valence-electron chi connectivity index (χ0n) is 12.3. The van der Waals surface area contributed by atoms with Crippen LogP contribution in [0.25, 0.3) is 0 Å². The van der Waals surface area contributed by atoms with E-state index in [1.807, 2.05) is 0 Å². The molecular formula is C16H24N2O2. The number of carbonyl (C=O) groups is 1. The summed E-state index contributed by atoms with van der Waals surface area (Å²) in [4.78, 5) is 11.7. The van der Waals surface area contributed by atoms with Gasteiger partial charge in [0.2, 0.25) is 0 Å². The van der Waals surface area contributed by atoms with Crippen LogP contribution in [0.5, 0.6) is 0 Å². The number of amides is 2. The summed E-state index contributed by atoms with van der Waals surface area (Å²) in [6.07, 6.45) is 2.22. The Morgan fingerprint density at radius 1 is 1.30 bits per heavy atom. The Morgan fingerprint density at radius 2 is 1.90 bits per heavy atom. The molecule has 110 valence electrons. The normalized spacial score (nSPS) is 17.4. The Balaban J connectivity index is 1.76. The summed E-state index contributed by atoms with van der Waals surface area (Å²) in [5, 5.41) is 14.8. The smallest absolute Gasteiger partial charge is 0.314 e. The van der Waals surface area contributed by atoms with E-state index in [2.05, 4.69) is 41.8 Å². The lowest BCUT2D eigenvalue weighted by Crippen LogP contribution is -2.42. The molecular weight excluding hydrogens is 252 g/mol.